The average Bonchev–Trinajstić information content (AvgIpc) is 2.94. The van der Waals surface area contributed by atoms with Gasteiger partial charge in [0.15, 0.2) is 0 Å². The zero-order chi connectivity index (χ0) is 20.3. The molecule has 1 aromatic heterocycles. The van der Waals surface area contributed by atoms with E-state index >= 15 is 0 Å². The second kappa shape index (κ2) is 7.93. The quantitative estimate of drug-likeness (QED) is 0.512. The average molecular weight is 373 g/mol. The fraction of sp³-hybridized carbons (Fsp3) is 0.130. The zero-order valence-corrected chi connectivity index (χ0v) is 16.0. The van der Waals surface area contributed by atoms with Gasteiger partial charge in [0.1, 0.15) is 17.5 Å². The van der Waals surface area contributed by atoms with Crippen LogP contribution in [-0.2, 0) is 4.79 Å². The maximum Gasteiger partial charge on any atom is 0.266 e. The second-order valence-corrected chi connectivity index (χ2v) is 6.63. The number of nitrogens with zero attached hydrogens (tertiary/aromatic N) is 2. The summed E-state index contributed by atoms with van der Waals surface area (Å²) in [5, 5.41) is 12.1. The van der Waals surface area contributed by atoms with Crippen molar-refractivity contribution in [3.05, 3.63) is 88.5 Å². The lowest BCUT2D eigenvalue weighted by atomic mass is 10.1. The lowest BCUT2D eigenvalue weighted by Gasteiger charge is -2.10. The van der Waals surface area contributed by atoms with Crippen LogP contribution < -0.4 is 5.32 Å². The van der Waals surface area contributed by atoms with Crippen LogP contribution in [0.3, 0.4) is 0 Å². The number of amides is 1. The predicted molar refractivity (Wildman–Crippen MR) is 109 cm³/mol. The van der Waals surface area contributed by atoms with Crippen molar-refractivity contribution in [3.8, 4) is 11.8 Å². The number of hydrogen-bond acceptors (Lipinski definition) is 2. The molecule has 28 heavy (non-hydrogen) atoms. The summed E-state index contributed by atoms with van der Waals surface area (Å²) in [6, 6.07) is 17.4. The smallest absolute Gasteiger partial charge is 0.266 e. The summed E-state index contributed by atoms with van der Waals surface area (Å²) in [5.41, 5.74) is 5.33. The highest BCUT2D eigenvalue weighted by Crippen LogP contribution is 2.23. The first kappa shape index (κ1) is 19.1. The Morgan fingerprint density at radius 3 is 2.46 bits per heavy atom. The van der Waals surface area contributed by atoms with Crippen LogP contribution >= 0.6 is 0 Å². The Hall–Kier alpha value is -3.65. The Balaban J connectivity index is 1.93. The van der Waals surface area contributed by atoms with Gasteiger partial charge in [0.25, 0.3) is 5.91 Å². The normalized spacial score (nSPS) is 11.2. The molecule has 5 heteroatoms. The van der Waals surface area contributed by atoms with Crippen LogP contribution in [0, 0.1) is 37.9 Å². The van der Waals surface area contributed by atoms with Gasteiger partial charge < -0.3 is 9.88 Å². The fourth-order valence-corrected chi connectivity index (χ4v) is 3.13. The van der Waals surface area contributed by atoms with E-state index in [1.807, 2.05) is 51.1 Å². The SMILES string of the molecule is Cc1cccc(-n2c(C)cc(/C=C(/C#N)C(=O)Nc3ccc(F)cc3)c2C)c1. The zero-order valence-electron chi connectivity index (χ0n) is 16.0. The van der Waals surface area contributed by atoms with Crippen LogP contribution in [0.25, 0.3) is 11.8 Å². The van der Waals surface area contributed by atoms with E-state index < -0.39 is 11.7 Å². The highest BCUT2D eigenvalue weighted by molar-refractivity contribution is 6.09. The molecule has 1 heterocycles. The standard InChI is InChI=1S/C23H20FN3O/c1-15-5-4-6-22(11-15)27-16(2)12-18(17(27)3)13-19(14-25)23(28)26-21-9-7-20(24)8-10-21/h4-13H,1-3H3,(H,26,28)/b19-13-. The molecule has 2 aromatic carbocycles. The Morgan fingerprint density at radius 2 is 1.82 bits per heavy atom. The Kier molecular flexibility index (Phi) is 5.42. The molecule has 3 aromatic rings. The Bertz CT molecular complexity index is 1100. The van der Waals surface area contributed by atoms with Crippen molar-refractivity contribution < 1.29 is 9.18 Å². The van der Waals surface area contributed by atoms with Crippen molar-refractivity contribution in [3.63, 3.8) is 0 Å². The van der Waals surface area contributed by atoms with Gasteiger partial charge in [0, 0.05) is 22.8 Å². The van der Waals surface area contributed by atoms with E-state index in [2.05, 4.69) is 16.0 Å². The van der Waals surface area contributed by atoms with Crippen LogP contribution in [0.1, 0.15) is 22.5 Å². The van der Waals surface area contributed by atoms with Gasteiger partial charge in [-0.15, -0.1) is 0 Å². The summed E-state index contributed by atoms with van der Waals surface area (Å²) in [5.74, 6) is -0.924. The first-order valence-electron chi connectivity index (χ1n) is 8.83. The second-order valence-electron chi connectivity index (χ2n) is 6.63. The van der Waals surface area contributed by atoms with Gasteiger partial charge in [-0.3, -0.25) is 4.79 Å². The monoisotopic (exact) mass is 373 g/mol. The summed E-state index contributed by atoms with van der Waals surface area (Å²) < 4.78 is 15.1. The van der Waals surface area contributed by atoms with Gasteiger partial charge in [-0.1, -0.05) is 12.1 Å². The molecule has 140 valence electrons. The van der Waals surface area contributed by atoms with E-state index in [-0.39, 0.29) is 5.57 Å². The summed E-state index contributed by atoms with van der Waals surface area (Å²) in [7, 11) is 0. The van der Waals surface area contributed by atoms with Crippen LogP contribution in [0.15, 0.2) is 60.2 Å². The van der Waals surface area contributed by atoms with E-state index in [1.54, 1.807) is 6.08 Å². The van der Waals surface area contributed by atoms with Crippen molar-refractivity contribution in [1.82, 2.24) is 4.57 Å². The summed E-state index contributed by atoms with van der Waals surface area (Å²) in [6.45, 7) is 5.97. The van der Waals surface area contributed by atoms with E-state index in [0.29, 0.717) is 5.69 Å². The first-order valence-corrected chi connectivity index (χ1v) is 8.83. The molecule has 0 aliphatic rings. The minimum atomic E-state index is -0.533. The molecule has 0 bridgehead atoms. The molecule has 0 saturated heterocycles. The third kappa shape index (κ3) is 4.02. The van der Waals surface area contributed by atoms with Crippen molar-refractivity contribution in [2.75, 3.05) is 5.32 Å². The molecular weight excluding hydrogens is 353 g/mol. The Morgan fingerprint density at radius 1 is 1.11 bits per heavy atom. The number of benzene rings is 2. The Labute approximate surface area is 163 Å². The van der Waals surface area contributed by atoms with Crippen molar-refractivity contribution in [1.29, 1.82) is 5.26 Å². The van der Waals surface area contributed by atoms with Crippen molar-refractivity contribution in [2.45, 2.75) is 20.8 Å². The molecular formula is C23H20FN3O. The van der Waals surface area contributed by atoms with E-state index in [0.717, 1.165) is 28.2 Å². The van der Waals surface area contributed by atoms with Crippen molar-refractivity contribution in [2.24, 2.45) is 0 Å². The molecule has 3 rings (SSSR count). The van der Waals surface area contributed by atoms with Crippen molar-refractivity contribution >= 4 is 17.7 Å². The van der Waals surface area contributed by atoms with E-state index in [1.165, 1.54) is 24.3 Å². The number of nitrogens with one attached hydrogen (secondary N) is 1. The molecule has 0 aliphatic heterocycles. The highest BCUT2D eigenvalue weighted by Gasteiger charge is 2.14. The molecule has 0 atom stereocenters. The maximum absolute atomic E-state index is 13.0. The van der Waals surface area contributed by atoms with Crippen LogP contribution in [0.5, 0.6) is 0 Å². The highest BCUT2D eigenvalue weighted by atomic mass is 19.1. The topological polar surface area (TPSA) is 57.8 Å². The molecule has 0 unspecified atom stereocenters. The van der Waals surface area contributed by atoms with Gasteiger partial charge in [-0.2, -0.15) is 5.26 Å². The van der Waals surface area contributed by atoms with Crippen LogP contribution in [-0.4, -0.2) is 10.5 Å². The molecule has 1 N–H and O–H groups in total. The van der Waals surface area contributed by atoms with E-state index in [4.69, 9.17) is 0 Å². The lowest BCUT2D eigenvalue weighted by Crippen LogP contribution is -2.13. The number of carbonyl (C=O) groups is 1. The number of aryl methyl sites for hydroxylation is 2. The summed E-state index contributed by atoms with van der Waals surface area (Å²) in [4.78, 5) is 12.4. The molecule has 0 aliphatic carbocycles. The number of hydrogen-bond donors (Lipinski definition) is 1. The van der Waals surface area contributed by atoms with Gasteiger partial charge in [-0.05, 0) is 80.4 Å². The molecule has 1 amide bonds. The molecule has 4 nitrogen and oxygen atoms in total. The van der Waals surface area contributed by atoms with Crippen LogP contribution in [0.2, 0.25) is 0 Å². The molecule has 0 fully saturated rings. The summed E-state index contributed by atoms with van der Waals surface area (Å²) >= 11 is 0. The number of carbonyl (C=O) groups excluding carboxylic acids is 1. The van der Waals surface area contributed by atoms with E-state index in [9.17, 15) is 14.4 Å². The van der Waals surface area contributed by atoms with Gasteiger partial charge in [0.05, 0.1) is 0 Å². The summed E-state index contributed by atoms with van der Waals surface area (Å²) in [6.07, 6.45) is 1.58. The van der Waals surface area contributed by atoms with Gasteiger partial charge in [-0.25, -0.2) is 4.39 Å². The number of halogens is 1. The molecule has 0 spiro atoms. The number of nitriles is 1. The van der Waals surface area contributed by atoms with Gasteiger partial charge >= 0.3 is 0 Å². The minimum absolute atomic E-state index is 0.0196. The third-order valence-electron chi connectivity index (χ3n) is 4.50. The predicted octanol–water partition coefficient (Wildman–Crippen LogP) is 5.09. The lowest BCUT2D eigenvalue weighted by molar-refractivity contribution is -0.112. The van der Waals surface area contributed by atoms with Gasteiger partial charge in [0.2, 0.25) is 0 Å². The minimum Gasteiger partial charge on any atom is -0.321 e. The maximum atomic E-state index is 13.0. The third-order valence-corrected chi connectivity index (χ3v) is 4.50. The molecule has 0 saturated carbocycles. The number of rotatable bonds is 4. The van der Waals surface area contributed by atoms with Crippen LogP contribution in [0.4, 0.5) is 10.1 Å². The first-order chi connectivity index (χ1) is 13.4. The number of aromatic nitrogens is 1. The molecule has 0 radical (unpaired) electrons. The largest absolute Gasteiger partial charge is 0.321 e. The fourth-order valence-electron chi connectivity index (χ4n) is 3.13. The number of anilines is 1.